The second-order valence-electron chi connectivity index (χ2n) is 3.90. The summed E-state index contributed by atoms with van der Waals surface area (Å²) in [6, 6.07) is 7.65. The summed E-state index contributed by atoms with van der Waals surface area (Å²) >= 11 is 1.65. The molecule has 0 atom stereocenters. The Kier molecular flexibility index (Phi) is 4.11. The highest BCUT2D eigenvalue weighted by molar-refractivity contribution is 7.98. The summed E-state index contributed by atoms with van der Waals surface area (Å²) in [7, 11) is 1.70. The van der Waals surface area contributed by atoms with E-state index in [1.165, 1.54) is 10.9 Å². The number of carboxylic acids is 1. The number of thioether (sulfide) groups is 1. The Labute approximate surface area is 115 Å². The molecule has 1 aromatic heterocycles. The number of ether oxygens (including phenoxy) is 1. The van der Waals surface area contributed by atoms with Crippen LogP contribution < -0.4 is 4.74 Å². The van der Waals surface area contributed by atoms with E-state index in [0.717, 1.165) is 4.90 Å². The summed E-state index contributed by atoms with van der Waals surface area (Å²) in [5.41, 5.74) is 0.713. The van der Waals surface area contributed by atoms with Gasteiger partial charge in [0.05, 0.1) is 11.9 Å². The molecule has 0 aliphatic carbocycles. The number of carboxylic acid groups (broad SMARTS) is 1. The molecule has 2 aromatic rings. The van der Waals surface area contributed by atoms with Crippen molar-refractivity contribution in [2.45, 2.75) is 11.5 Å². The quantitative estimate of drug-likeness (QED) is 0.851. The molecule has 0 amide bonds. The second kappa shape index (κ2) is 5.79. The molecule has 0 radical (unpaired) electrons. The summed E-state index contributed by atoms with van der Waals surface area (Å²) in [4.78, 5) is 12.2. The van der Waals surface area contributed by atoms with Crippen molar-refractivity contribution in [2.24, 2.45) is 7.05 Å². The van der Waals surface area contributed by atoms with Crippen LogP contribution in [0, 0.1) is 0 Å². The van der Waals surface area contributed by atoms with Crippen LogP contribution >= 0.6 is 11.8 Å². The van der Waals surface area contributed by atoms with Crippen LogP contribution in [0.25, 0.3) is 0 Å². The van der Waals surface area contributed by atoms with E-state index >= 15 is 0 Å². The number of rotatable bonds is 5. The van der Waals surface area contributed by atoms with Crippen molar-refractivity contribution >= 4 is 17.7 Å². The van der Waals surface area contributed by atoms with Gasteiger partial charge in [0.1, 0.15) is 17.9 Å². The van der Waals surface area contributed by atoms with Crippen molar-refractivity contribution in [2.75, 3.05) is 6.26 Å². The number of aromatic nitrogens is 2. The van der Waals surface area contributed by atoms with Crippen LogP contribution in [0.1, 0.15) is 16.1 Å². The van der Waals surface area contributed by atoms with E-state index in [1.54, 1.807) is 18.8 Å². The summed E-state index contributed by atoms with van der Waals surface area (Å²) in [6.07, 6.45) is 3.34. The molecule has 5 nitrogen and oxygen atoms in total. The monoisotopic (exact) mass is 278 g/mol. The highest BCUT2D eigenvalue weighted by atomic mass is 32.2. The van der Waals surface area contributed by atoms with Crippen molar-refractivity contribution in [1.29, 1.82) is 0 Å². The van der Waals surface area contributed by atoms with Crippen LogP contribution in [-0.4, -0.2) is 27.1 Å². The van der Waals surface area contributed by atoms with Gasteiger partial charge in [-0.25, -0.2) is 4.79 Å². The Bertz CT molecular complexity index is 578. The topological polar surface area (TPSA) is 64.3 Å². The molecule has 6 heteroatoms. The third kappa shape index (κ3) is 3.08. The first-order valence-electron chi connectivity index (χ1n) is 5.63. The third-order valence-corrected chi connectivity index (χ3v) is 3.47. The molecule has 0 fully saturated rings. The maximum atomic E-state index is 11.0. The molecule has 1 N–H and O–H groups in total. The number of aromatic carboxylic acids is 1. The maximum absolute atomic E-state index is 11.0. The molecule has 100 valence electrons. The second-order valence-corrected chi connectivity index (χ2v) is 4.78. The summed E-state index contributed by atoms with van der Waals surface area (Å²) in [6.45, 7) is 0.177. The van der Waals surface area contributed by atoms with Gasteiger partial charge in [-0.3, -0.25) is 4.68 Å². The molecule has 0 saturated carbocycles. The zero-order valence-electron chi connectivity index (χ0n) is 10.7. The van der Waals surface area contributed by atoms with E-state index in [-0.39, 0.29) is 12.2 Å². The zero-order chi connectivity index (χ0) is 13.8. The smallest absolute Gasteiger partial charge is 0.339 e. The van der Waals surface area contributed by atoms with Gasteiger partial charge in [0.2, 0.25) is 0 Å². The number of hydrogen-bond donors (Lipinski definition) is 1. The van der Waals surface area contributed by atoms with Crippen molar-refractivity contribution in [3.8, 4) is 5.75 Å². The SMILES string of the molecule is CSc1ccc(OCc2c(C(=O)O)cnn2C)cc1. The average Bonchev–Trinajstić information content (AvgIpc) is 2.78. The number of hydrogen-bond acceptors (Lipinski definition) is 4. The zero-order valence-corrected chi connectivity index (χ0v) is 11.5. The largest absolute Gasteiger partial charge is 0.487 e. The van der Waals surface area contributed by atoms with Gasteiger partial charge in [-0.2, -0.15) is 5.10 Å². The van der Waals surface area contributed by atoms with E-state index < -0.39 is 5.97 Å². The standard InChI is InChI=1S/C13H14N2O3S/c1-15-12(11(7-14-15)13(16)17)8-18-9-3-5-10(19-2)6-4-9/h3-7H,8H2,1-2H3,(H,16,17). The molecule has 0 saturated heterocycles. The Balaban J connectivity index is 2.09. The molecule has 1 aromatic carbocycles. The predicted octanol–water partition coefficient (Wildman–Crippen LogP) is 2.42. The highest BCUT2D eigenvalue weighted by Crippen LogP contribution is 2.20. The summed E-state index contributed by atoms with van der Waals surface area (Å²) in [5, 5.41) is 13.0. The van der Waals surface area contributed by atoms with Gasteiger partial charge in [0.25, 0.3) is 0 Å². The molecule has 0 bridgehead atoms. The van der Waals surface area contributed by atoms with Gasteiger partial charge in [-0.1, -0.05) is 0 Å². The van der Waals surface area contributed by atoms with E-state index in [9.17, 15) is 4.79 Å². The van der Waals surface area contributed by atoms with Crippen molar-refractivity contribution < 1.29 is 14.6 Å². The highest BCUT2D eigenvalue weighted by Gasteiger charge is 2.15. The Hall–Kier alpha value is -1.95. The normalized spacial score (nSPS) is 10.4. The molecule has 0 aliphatic heterocycles. The van der Waals surface area contributed by atoms with Crippen molar-refractivity contribution in [3.05, 3.63) is 41.7 Å². The van der Waals surface area contributed by atoms with Crippen LogP contribution in [0.15, 0.2) is 35.4 Å². The average molecular weight is 278 g/mol. The predicted molar refractivity (Wildman–Crippen MR) is 72.7 cm³/mol. The lowest BCUT2D eigenvalue weighted by molar-refractivity contribution is 0.0693. The van der Waals surface area contributed by atoms with Gasteiger partial charge in [-0.15, -0.1) is 11.8 Å². The lowest BCUT2D eigenvalue weighted by Gasteiger charge is -2.08. The Morgan fingerprint density at radius 1 is 1.42 bits per heavy atom. The Morgan fingerprint density at radius 3 is 2.68 bits per heavy atom. The minimum Gasteiger partial charge on any atom is -0.487 e. The van der Waals surface area contributed by atoms with Gasteiger partial charge < -0.3 is 9.84 Å². The van der Waals surface area contributed by atoms with Gasteiger partial charge in [-0.05, 0) is 30.5 Å². The van der Waals surface area contributed by atoms with Crippen LogP contribution in [0.2, 0.25) is 0 Å². The lowest BCUT2D eigenvalue weighted by atomic mass is 10.2. The third-order valence-electron chi connectivity index (χ3n) is 2.73. The first-order valence-corrected chi connectivity index (χ1v) is 6.85. The first-order chi connectivity index (χ1) is 9.11. The maximum Gasteiger partial charge on any atom is 0.339 e. The Morgan fingerprint density at radius 2 is 2.11 bits per heavy atom. The minimum atomic E-state index is -0.996. The number of aryl methyl sites for hydroxylation is 1. The molecule has 19 heavy (non-hydrogen) atoms. The van der Waals surface area contributed by atoms with Gasteiger partial charge in [0, 0.05) is 11.9 Å². The fourth-order valence-corrected chi connectivity index (χ4v) is 2.04. The van der Waals surface area contributed by atoms with E-state index in [4.69, 9.17) is 9.84 Å². The molecule has 2 rings (SSSR count). The van der Waals surface area contributed by atoms with Crippen molar-refractivity contribution in [1.82, 2.24) is 9.78 Å². The fourth-order valence-electron chi connectivity index (χ4n) is 1.64. The molecular weight excluding hydrogens is 264 g/mol. The first kappa shape index (κ1) is 13.5. The minimum absolute atomic E-state index is 0.170. The van der Waals surface area contributed by atoms with Crippen LogP contribution in [0.5, 0.6) is 5.75 Å². The molecule has 0 spiro atoms. The van der Waals surface area contributed by atoms with E-state index in [2.05, 4.69) is 5.10 Å². The molecule has 0 unspecified atom stereocenters. The van der Waals surface area contributed by atoms with E-state index in [0.29, 0.717) is 11.4 Å². The molecule has 1 heterocycles. The number of nitrogens with zero attached hydrogens (tertiary/aromatic N) is 2. The van der Waals surface area contributed by atoms with Crippen LogP contribution in [0.3, 0.4) is 0 Å². The summed E-state index contributed by atoms with van der Waals surface area (Å²) in [5.74, 6) is -0.292. The molecular formula is C13H14N2O3S. The summed E-state index contributed by atoms with van der Waals surface area (Å²) < 4.78 is 7.10. The van der Waals surface area contributed by atoms with Crippen LogP contribution in [0.4, 0.5) is 0 Å². The number of carbonyl (C=O) groups is 1. The van der Waals surface area contributed by atoms with Crippen LogP contribution in [-0.2, 0) is 13.7 Å². The van der Waals surface area contributed by atoms with Gasteiger partial charge >= 0.3 is 5.97 Å². The molecule has 0 aliphatic rings. The lowest BCUT2D eigenvalue weighted by Crippen LogP contribution is -2.08. The van der Waals surface area contributed by atoms with Gasteiger partial charge in [0.15, 0.2) is 0 Å². The van der Waals surface area contributed by atoms with E-state index in [1.807, 2.05) is 30.5 Å². The van der Waals surface area contributed by atoms with Crippen molar-refractivity contribution in [3.63, 3.8) is 0 Å². The number of benzene rings is 1. The fraction of sp³-hybridized carbons (Fsp3) is 0.231.